The molecular formula is C12H16ClFO2. The van der Waals surface area contributed by atoms with E-state index in [1.165, 1.54) is 18.2 Å². The average Bonchev–Trinajstić information content (AvgIpc) is 2.20. The van der Waals surface area contributed by atoms with E-state index in [4.69, 9.17) is 16.3 Å². The second kappa shape index (κ2) is 6.18. The standard InChI is InChI=1S/C12H16ClFO2/c1-8(2)16-7-11(15)6-9-5-10(13)3-4-12(9)14/h3-5,8,11,15H,6-7H2,1-2H3. The van der Waals surface area contributed by atoms with Crippen molar-refractivity contribution in [2.45, 2.75) is 32.5 Å². The number of aliphatic hydroxyl groups is 1. The van der Waals surface area contributed by atoms with Gasteiger partial charge < -0.3 is 9.84 Å². The lowest BCUT2D eigenvalue weighted by Gasteiger charge is -2.14. The first-order valence-electron chi connectivity index (χ1n) is 5.22. The summed E-state index contributed by atoms with van der Waals surface area (Å²) in [5.74, 6) is -0.354. The van der Waals surface area contributed by atoms with E-state index in [0.717, 1.165) is 0 Å². The minimum Gasteiger partial charge on any atom is -0.390 e. The Balaban J connectivity index is 2.55. The average molecular weight is 247 g/mol. The van der Waals surface area contributed by atoms with Crippen molar-refractivity contribution in [3.05, 3.63) is 34.6 Å². The van der Waals surface area contributed by atoms with Crippen LogP contribution in [0.25, 0.3) is 0 Å². The lowest BCUT2D eigenvalue weighted by Crippen LogP contribution is -2.21. The van der Waals surface area contributed by atoms with E-state index < -0.39 is 6.10 Å². The number of rotatable bonds is 5. The van der Waals surface area contributed by atoms with E-state index in [1.54, 1.807) is 0 Å². The van der Waals surface area contributed by atoms with Crippen LogP contribution in [0.2, 0.25) is 5.02 Å². The summed E-state index contributed by atoms with van der Waals surface area (Å²) in [4.78, 5) is 0. The number of hydrogen-bond acceptors (Lipinski definition) is 2. The van der Waals surface area contributed by atoms with Crippen molar-refractivity contribution in [3.63, 3.8) is 0 Å². The Morgan fingerprint density at radius 3 is 2.75 bits per heavy atom. The molecule has 1 rings (SSSR count). The largest absolute Gasteiger partial charge is 0.390 e. The molecule has 0 fully saturated rings. The fourth-order valence-electron chi connectivity index (χ4n) is 1.32. The third-order valence-electron chi connectivity index (χ3n) is 2.09. The van der Waals surface area contributed by atoms with Crippen LogP contribution in [0.1, 0.15) is 19.4 Å². The Morgan fingerprint density at radius 1 is 1.44 bits per heavy atom. The first-order valence-corrected chi connectivity index (χ1v) is 5.60. The summed E-state index contributed by atoms with van der Waals surface area (Å²) in [5.41, 5.74) is 0.410. The van der Waals surface area contributed by atoms with Gasteiger partial charge in [0.15, 0.2) is 0 Å². The maximum absolute atomic E-state index is 13.3. The van der Waals surface area contributed by atoms with Gasteiger partial charge in [-0.15, -0.1) is 0 Å². The van der Waals surface area contributed by atoms with Crippen molar-refractivity contribution in [1.82, 2.24) is 0 Å². The van der Waals surface area contributed by atoms with Crippen LogP contribution in [-0.2, 0) is 11.2 Å². The Labute approximate surface area is 100.0 Å². The fourth-order valence-corrected chi connectivity index (χ4v) is 1.51. The van der Waals surface area contributed by atoms with Gasteiger partial charge in [0.1, 0.15) is 5.82 Å². The van der Waals surface area contributed by atoms with Crippen molar-refractivity contribution in [2.75, 3.05) is 6.61 Å². The highest BCUT2D eigenvalue weighted by Crippen LogP contribution is 2.16. The zero-order valence-corrected chi connectivity index (χ0v) is 10.2. The topological polar surface area (TPSA) is 29.5 Å². The van der Waals surface area contributed by atoms with Gasteiger partial charge in [-0.2, -0.15) is 0 Å². The number of ether oxygens (including phenoxy) is 1. The Kier molecular flexibility index (Phi) is 5.19. The molecule has 1 aromatic carbocycles. The lowest BCUT2D eigenvalue weighted by molar-refractivity contribution is 0.00593. The van der Waals surface area contributed by atoms with Crippen molar-refractivity contribution in [2.24, 2.45) is 0 Å². The molecule has 90 valence electrons. The lowest BCUT2D eigenvalue weighted by atomic mass is 10.1. The predicted molar refractivity (Wildman–Crippen MR) is 62.2 cm³/mol. The number of halogens is 2. The highest BCUT2D eigenvalue weighted by molar-refractivity contribution is 6.30. The molecule has 0 heterocycles. The molecule has 1 atom stereocenters. The van der Waals surface area contributed by atoms with Crippen molar-refractivity contribution in [1.29, 1.82) is 0 Å². The number of benzene rings is 1. The molecule has 0 spiro atoms. The summed E-state index contributed by atoms with van der Waals surface area (Å²) in [7, 11) is 0. The monoisotopic (exact) mass is 246 g/mol. The smallest absolute Gasteiger partial charge is 0.126 e. The SMILES string of the molecule is CC(C)OCC(O)Cc1cc(Cl)ccc1F. The molecule has 0 aromatic heterocycles. The van der Waals surface area contributed by atoms with Crippen LogP contribution in [0.3, 0.4) is 0 Å². The first kappa shape index (κ1) is 13.4. The summed E-state index contributed by atoms with van der Waals surface area (Å²) >= 11 is 5.75. The van der Waals surface area contributed by atoms with Crippen LogP contribution in [-0.4, -0.2) is 23.9 Å². The molecule has 0 saturated carbocycles. The molecule has 1 N–H and O–H groups in total. The van der Waals surface area contributed by atoms with Gasteiger partial charge in [-0.1, -0.05) is 11.6 Å². The van der Waals surface area contributed by atoms with Crippen LogP contribution in [0, 0.1) is 5.82 Å². The van der Waals surface area contributed by atoms with E-state index in [2.05, 4.69) is 0 Å². The molecule has 1 unspecified atom stereocenters. The molecule has 0 aliphatic heterocycles. The number of hydrogen-bond donors (Lipinski definition) is 1. The van der Waals surface area contributed by atoms with Gasteiger partial charge in [0.25, 0.3) is 0 Å². The summed E-state index contributed by atoms with van der Waals surface area (Å²) in [6.45, 7) is 3.96. The minimum absolute atomic E-state index is 0.0545. The van der Waals surface area contributed by atoms with Gasteiger partial charge in [0.05, 0.1) is 18.8 Å². The molecule has 0 radical (unpaired) electrons. The predicted octanol–water partition coefficient (Wildman–Crippen LogP) is 2.81. The Hall–Kier alpha value is -0.640. The normalized spacial score (nSPS) is 13.1. The minimum atomic E-state index is -0.713. The third-order valence-corrected chi connectivity index (χ3v) is 2.32. The van der Waals surface area contributed by atoms with E-state index in [0.29, 0.717) is 10.6 Å². The molecule has 0 saturated heterocycles. The second-order valence-corrected chi connectivity index (χ2v) is 4.41. The van der Waals surface area contributed by atoms with E-state index in [9.17, 15) is 9.50 Å². The van der Waals surface area contributed by atoms with Crippen molar-refractivity contribution >= 4 is 11.6 Å². The van der Waals surface area contributed by atoms with Crippen LogP contribution >= 0.6 is 11.6 Å². The van der Waals surface area contributed by atoms with E-state index in [1.807, 2.05) is 13.8 Å². The molecule has 0 amide bonds. The van der Waals surface area contributed by atoms with Gasteiger partial charge >= 0.3 is 0 Å². The zero-order valence-electron chi connectivity index (χ0n) is 9.41. The van der Waals surface area contributed by atoms with Gasteiger partial charge in [0.2, 0.25) is 0 Å². The van der Waals surface area contributed by atoms with Crippen molar-refractivity contribution in [3.8, 4) is 0 Å². The fraction of sp³-hybridized carbons (Fsp3) is 0.500. The van der Waals surface area contributed by atoms with Gasteiger partial charge in [-0.25, -0.2) is 4.39 Å². The van der Waals surface area contributed by atoms with Gasteiger partial charge in [-0.05, 0) is 37.6 Å². The third kappa shape index (κ3) is 4.47. The molecule has 0 aliphatic carbocycles. The van der Waals surface area contributed by atoms with Crippen LogP contribution in [0.15, 0.2) is 18.2 Å². The highest BCUT2D eigenvalue weighted by atomic mass is 35.5. The van der Waals surface area contributed by atoms with Crippen LogP contribution in [0.5, 0.6) is 0 Å². The van der Waals surface area contributed by atoms with Crippen LogP contribution in [0.4, 0.5) is 4.39 Å². The summed E-state index contributed by atoms with van der Waals surface area (Å²) in [5, 5.41) is 10.1. The molecule has 4 heteroatoms. The van der Waals surface area contributed by atoms with Crippen LogP contribution < -0.4 is 0 Å². The molecular weight excluding hydrogens is 231 g/mol. The van der Waals surface area contributed by atoms with Crippen molar-refractivity contribution < 1.29 is 14.2 Å². The quantitative estimate of drug-likeness (QED) is 0.866. The molecule has 0 aliphatic rings. The Bertz CT molecular complexity index is 342. The first-order chi connectivity index (χ1) is 7.49. The zero-order chi connectivity index (χ0) is 12.1. The van der Waals surface area contributed by atoms with E-state index in [-0.39, 0.29) is 24.9 Å². The molecule has 2 nitrogen and oxygen atoms in total. The second-order valence-electron chi connectivity index (χ2n) is 3.98. The Morgan fingerprint density at radius 2 is 2.12 bits per heavy atom. The molecule has 1 aromatic rings. The maximum Gasteiger partial charge on any atom is 0.126 e. The van der Waals surface area contributed by atoms with Gasteiger partial charge in [0, 0.05) is 11.4 Å². The summed E-state index contributed by atoms with van der Waals surface area (Å²) in [6.07, 6.45) is -0.451. The summed E-state index contributed by atoms with van der Waals surface area (Å²) < 4.78 is 18.6. The number of aliphatic hydroxyl groups excluding tert-OH is 1. The van der Waals surface area contributed by atoms with E-state index >= 15 is 0 Å². The maximum atomic E-state index is 13.3. The highest BCUT2D eigenvalue weighted by Gasteiger charge is 2.11. The van der Waals surface area contributed by atoms with Gasteiger partial charge in [-0.3, -0.25) is 0 Å². The molecule has 0 bridgehead atoms. The summed E-state index contributed by atoms with van der Waals surface area (Å²) in [6, 6.07) is 4.31. The molecule has 16 heavy (non-hydrogen) atoms.